The van der Waals surface area contributed by atoms with Gasteiger partial charge in [0.1, 0.15) is 6.10 Å². The minimum atomic E-state index is -0.613. The Morgan fingerprint density at radius 2 is 2.20 bits per heavy atom. The molecule has 1 aromatic carbocycles. The molecule has 2 aromatic rings. The first kappa shape index (κ1) is 13.3. The van der Waals surface area contributed by atoms with E-state index in [0.29, 0.717) is 6.54 Å². The maximum absolute atomic E-state index is 12.2. The zero-order valence-electron chi connectivity index (χ0n) is 11.5. The van der Waals surface area contributed by atoms with Crippen LogP contribution < -0.4 is 4.90 Å². The van der Waals surface area contributed by atoms with E-state index in [1.807, 2.05) is 49.6 Å². The van der Waals surface area contributed by atoms with Gasteiger partial charge >= 0.3 is 0 Å². The van der Waals surface area contributed by atoms with Gasteiger partial charge in [0.2, 0.25) is 5.91 Å². The maximum Gasteiger partial charge on any atom is 0.234 e. The molecule has 0 spiro atoms. The van der Waals surface area contributed by atoms with Crippen molar-refractivity contribution in [2.45, 2.75) is 25.9 Å². The smallest absolute Gasteiger partial charge is 0.234 e. The second-order valence-electron chi connectivity index (χ2n) is 5.04. The Morgan fingerprint density at radius 1 is 1.40 bits per heavy atom. The van der Waals surface area contributed by atoms with Crippen LogP contribution in [0.25, 0.3) is 0 Å². The van der Waals surface area contributed by atoms with Crippen molar-refractivity contribution in [3.63, 3.8) is 0 Å². The molecule has 0 radical (unpaired) electrons. The summed E-state index contributed by atoms with van der Waals surface area (Å²) in [6, 6.07) is 9.69. The first-order valence-electron chi connectivity index (χ1n) is 6.80. The molecule has 1 amide bonds. The van der Waals surface area contributed by atoms with Crippen LogP contribution >= 0.6 is 11.3 Å². The number of carbonyl (C=O) groups excluding carboxylic acids is 1. The Labute approximate surface area is 122 Å². The fraction of sp³-hybridized carbons (Fsp3) is 0.312. The predicted octanol–water partition coefficient (Wildman–Crippen LogP) is 3.30. The van der Waals surface area contributed by atoms with Gasteiger partial charge in [0.15, 0.2) is 0 Å². The molecule has 1 aromatic heterocycles. The number of fused-ring (bicyclic) bond motifs is 1. The highest BCUT2D eigenvalue weighted by atomic mass is 32.1. The fourth-order valence-corrected chi connectivity index (χ4v) is 3.49. The lowest BCUT2D eigenvalue weighted by Gasteiger charge is -2.15. The van der Waals surface area contributed by atoms with Gasteiger partial charge in [-0.25, -0.2) is 0 Å². The highest BCUT2D eigenvalue weighted by molar-refractivity contribution is 7.10. The highest BCUT2D eigenvalue weighted by Crippen LogP contribution is 2.39. The Bertz CT molecular complexity index is 636. The molecule has 1 aliphatic heterocycles. The summed E-state index contributed by atoms with van der Waals surface area (Å²) in [5, 5.41) is 12.4. The van der Waals surface area contributed by atoms with E-state index in [1.54, 1.807) is 4.90 Å². The van der Waals surface area contributed by atoms with Gasteiger partial charge < -0.3 is 10.0 Å². The number of rotatable bonds is 3. The van der Waals surface area contributed by atoms with E-state index in [2.05, 4.69) is 0 Å². The molecular weight excluding hydrogens is 270 g/mol. The second-order valence-corrected chi connectivity index (χ2v) is 6.02. The van der Waals surface area contributed by atoms with Crippen LogP contribution in [0.5, 0.6) is 0 Å². The average molecular weight is 287 g/mol. The van der Waals surface area contributed by atoms with Gasteiger partial charge in [-0.15, -0.1) is 11.3 Å². The van der Waals surface area contributed by atoms with Crippen molar-refractivity contribution in [1.82, 2.24) is 0 Å². The summed E-state index contributed by atoms with van der Waals surface area (Å²) in [5.74, 6) is 0.0192. The third kappa shape index (κ3) is 1.96. The van der Waals surface area contributed by atoms with Crippen molar-refractivity contribution >= 4 is 22.9 Å². The molecular formula is C16H17NO2S. The third-order valence-corrected chi connectivity index (χ3v) is 4.81. The van der Waals surface area contributed by atoms with Crippen LogP contribution in [0, 0.1) is 0 Å². The topological polar surface area (TPSA) is 40.5 Å². The number of carbonyl (C=O) groups is 1. The van der Waals surface area contributed by atoms with E-state index in [4.69, 9.17) is 0 Å². The fourth-order valence-electron chi connectivity index (χ4n) is 2.76. The Balaban J connectivity index is 2.01. The van der Waals surface area contributed by atoms with Gasteiger partial charge in [-0.3, -0.25) is 4.79 Å². The normalized spacial score (nSPS) is 19.2. The number of anilines is 1. The molecule has 4 heteroatoms. The quantitative estimate of drug-likeness (QED) is 0.941. The standard InChI is InChI=1S/C16H17NO2S/c1-3-17-13-7-6-11(9-12(13)10(2)16(17)19)15(18)14-5-4-8-20-14/h4-10,15,18H,3H2,1-2H3. The summed E-state index contributed by atoms with van der Waals surface area (Å²) in [4.78, 5) is 14.9. The number of hydrogen-bond acceptors (Lipinski definition) is 3. The molecule has 2 unspecified atom stereocenters. The van der Waals surface area contributed by atoms with Crippen molar-refractivity contribution in [3.8, 4) is 0 Å². The SMILES string of the molecule is CCN1C(=O)C(C)c2cc(C(O)c3cccs3)ccc21. The van der Waals surface area contributed by atoms with E-state index in [-0.39, 0.29) is 11.8 Å². The predicted molar refractivity (Wildman–Crippen MR) is 81.3 cm³/mol. The molecule has 2 atom stereocenters. The molecule has 3 rings (SSSR count). The summed E-state index contributed by atoms with van der Waals surface area (Å²) in [7, 11) is 0. The van der Waals surface area contributed by atoms with E-state index in [0.717, 1.165) is 21.7 Å². The van der Waals surface area contributed by atoms with Gasteiger partial charge in [-0.1, -0.05) is 12.1 Å². The number of thiophene rings is 1. The summed E-state index contributed by atoms with van der Waals surface area (Å²) in [6.45, 7) is 4.59. The minimum absolute atomic E-state index is 0.125. The molecule has 0 aliphatic carbocycles. The molecule has 2 heterocycles. The number of aliphatic hydroxyl groups is 1. The number of hydrogen-bond donors (Lipinski definition) is 1. The summed E-state index contributed by atoms with van der Waals surface area (Å²) >= 11 is 1.54. The zero-order chi connectivity index (χ0) is 14.3. The first-order valence-corrected chi connectivity index (χ1v) is 7.68. The number of aliphatic hydroxyl groups excluding tert-OH is 1. The van der Waals surface area contributed by atoms with E-state index >= 15 is 0 Å². The van der Waals surface area contributed by atoms with Gasteiger partial charge in [-0.2, -0.15) is 0 Å². The Morgan fingerprint density at radius 3 is 2.85 bits per heavy atom. The van der Waals surface area contributed by atoms with Crippen LogP contribution in [0.3, 0.4) is 0 Å². The van der Waals surface area contributed by atoms with E-state index < -0.39 is 6.10 Å². The van der Waals surface area contributed by atoms with Crippen molar-refractivity contribution in [1.29, 1.82) is 0 Å². The van der Waals surface area contributed by atoms with Crippen LogP contribution in [0.1, 0.15) is 41.9 Å². The average Bonchev–Trinajstić information content (AvgIpc) is 3.07. The van der Waals surface area contributed by atoms with Crippen LogP contribution in [0.15, 0.2) is 35.7 Å². The lowest BCUT2D eigenvalue weighted by Crippen LogP contribution is -2.27. The number of benzene rings is 1. The zero-order valence-corrected chi connectivity index (χ0v) is 12.4. The van der Waals surface area contributed by atoms with Crippen LogP contribution in [-0.4, -0.2) is 17.6 Å². The number of likely N-dealkylation sites (N-methyl/N-ethyl adjacent to an activating group) is 1. The van der Waals surface area contributed by atoms with Gasteiger partial charge in [0.25, 0.3) is 0 Å². The van der Waals surface area contributed by atoms with Gasteiger partial charge in [0, 0.05) is 17.1 Å². The monoisotopic (exact) mass is 287 g/mol. The minimum Gasteiger partial charge on any atom is -0.383 e. The lowest BCUT2D eigenvalue weighted by molar-refractivity contribution is -0.118. The summed E-state index contributed by atoms with van der Waals surface area (Å²) < 4.78 is 0. The van der Waals surface area contributed by atoms with E-state index in [1.165, 1.54) is 11.3 Å². The van der Waals surface area contributed by atoms with Crippen molar-refractivity contribution < 1.29 is 9.90 Å². The summed E-state index contributed by atoms with van der Waals surface area (Å²) in [6.07, 6.45) is -0.613. The highest BCUT2D eigenvalue weighted by Gasteiger charge is 2.33. The largest absolute Gasteiger partial charge is 0.383 e. The van der Waals surface area contributed by atoms with Crippen LogP contribution in [-0.2, 0) is 4.79 Å². The van der Waals surface area contributed by atoms with Crippen LogP contribution in [0.2, 0.25) is 0 Å². The number of amides is 1. The summed E-state index contributed by atoms with van der Waals surface area (Å²) in [5.41, 5.74) is 2.85. The first-order chi connectivity index (χ1) is 9.63. The molecule has 3 nitrogen and oxygen atoms in total. The van der Waals surface area contributed by atoms with Gasteiger partial charge in [0.05, 0.1) is 5.92 Å². The molecule has 0 saturated heterocycles. The lowest BCUT2D eigenvalue weighted by atomic mass is 9.98. The van der Waals surface area contributed by atoms with Gasteiger partial charge in [-0.05, 0) is 48.6 Å². The molecule has 1 N–H and O–H groups in total. The van der Waals surface area contributed by atoms with Crippen molar-refractivity contribution in [2.75, 3.05) is 11.4 Å². The number of nitrogens with zero attached hydrogens (tertiary/aromatic N) is 1. The maximum atomic E-state index is 12.2. The molecule has 0 saturated carbocycles. The molecule has 104 valence electrons. The molecule has 1 aliphatic rings. The molecule has 0 bridgehead atoms. The van der Waals surface area contributed by atoms with Crippen molar-refractivity contribution in [2.24, 2.45) is 0 Å². The molecule has 0 fully saturated rings. The van der Waals surface area contributed by atoms with E-state index in [9.17, 15) is 9.90 Å². The Kier molecular flexibility index (Phi) is 3.36. The Hall–Kier alpha value is -1.65. The second kappa shape index (κ2) is 5.04. The third-order valence-electron chi connectivity index (χ3n) is 3.89. The van der Waals surface area contributed by atoms with Crippen LogP contribution in [0.4, 0.5) is 5.69 Å². The van der Waals surface area contributed by atoms with Crippen molar-refractivity contribution in [3.05, 3.63) is 51.7 Å². The molecule has 20 heavy (non-hydrogen) atoms.